The van der Waals surface area contributed by atoms with Crippen molar-refractivity contribution in [2.75, 3.05) is 18.7 Å². The van der Waals surface area contributed by atoms with Gasteiger partial charge in [0.25, 0.3) is 0 Å². The van der Waals surface area contributed by atoms with Gasteiger partial charge in [0, 0.05) is 17.1 Å². The number of carbonyl (C=O) groups is 1. The van der Waals surface area contributed by atoms with Gasteiger partial charge in [-0.1, -0.05) is 24.9 Å². The number of ether oxygens (including phenoxy) is 2. The van der Waals surface area contributed by atoms with Crippen LogP contribution in [0.15, 0.2) is 45.6 Å². The number of nitrogens with zero attached hydrogens (tertiary/aromatic N) is 1. The topological polar surface area (TPSA) is 69.0 Å². The summed E-state index contributed by atoms with van der Waals surface area (Å²) in [5, 5.41) is 1.33. The smallest absolute Gasteiger partial charge is 0.337 e. The van der Waals surface area contributed by atoms with Crippen LogP contribution in [-0.4, -0.2) is 19.8 Å². The molecule has 1 aromatic heterocycles. The summed E-state index contributed by atoms with van der Waals surface area (Å²) >= 11 is 6.48. The van der Waals surface area contributed by atoms with Crippen LogP contribution in [0.1, 0.15) is 34.8 Å². The molecular weight excluding hydrogens is 394 g/mol. The number of hydrogen-bond acceptors (Lipinski definition) is 6. The zero-order valence-corrected chi connectivity index (χ0v) is 16.9. The van der Waals surface area contributed by atoms with Crippen LogP contribution in [0.5, 0.6) is 5.75 Å². The van der Waals surface area contributed by atoms with Crippen LogP contribution < -0.4 is 15.3 Å². The molecule has 4 rings (SSSR count). The Morgan fingerprint density at radius 1 is 1.24 bits per heavy atom. The van der Waals surface area contributed by atoms with Gasteiger partial charge in [-0.25, -0.2) is 9.59 Å². The third kappa shape index (κ3) is 3.56. The molecule has 0 unspecified atom stereocenters. The highest BCUT2D eigenvalue weighted by Gasteiger charge is 2.25. The Morgan fingerprint density at radius 2 is 2.00 bits per heavy atom. The molecule has 0 fully saturated rings. The normalized spacial score (nSPS) is 13.1. The molecule has 1 aliphatic heterocycles. The highest BCUT2D eigenvalue weighted by molar-refractivity contribution is 6.33. The minimum Gasteiger partial charge on any atom is -0.471 e. The Balaban J connectivity index is 1.76. The number of anilines is 1. The molecule has 2 heterocycles. The van der Waals surface area contributed by atoms with Crippen LogP contribution in [0.4, 0.5) is 5.69 Å². The lowest BCUT2D eigenvalue weighted by molar-refractivity contribution is 0.0601. The van der Waals surface area contributed by atoms with Gasteiger partial charge in [0.15, 0.2) is 6.73 Å². The van der Waals surface area contributed by atoms with Gasteiger partial charge in [-0.2, -0.15) is 0 Å². The Labute approximate surface area is 172 Å². The second kappa shape index (κ2) is 7.79. The summed E-state index contributed by atoms with van der Waals surface area (Å²) in [5.41, 5.74) is 3.12. The summed E-state index contributed by atoms with van der Waals surface area (Å²) in [6.45, 7) is 2.81. The number of halogens is 1. The monoisotopic (exact) mass is 413 g/mol. The fourth-order valence-corrected chi connectivity index (χ4v) is 3.90. The third-order valence-corrected chi connectivity index (χ3v) is 5.29. The zero-order valence-electron chi connectivity index (χ0n) is 16.2. The number of fused-ring (bicyclic) bond motifs is 3. The van der Waals surface area contributed by atoms with Crippen molar-refractivity contribution in [2.24, 2.45) is 0 Å². The van der Waals surface area contributed by atoms with Gasteiger partial charge in [0.1, 0.15) is 11.3 Å². The van der Waals surface area contributed by atoms with Crippen molar-refractivity contribution in [3.05, 3.63) is 68.5 Å². The Bertz CT molecular complexity index is 1140. The lowest BCUT2D eigenvalue weighted by atomic mass is 10.0. The molecule has 29 heavy (non-hydrogen) atoms. The molecule has 0 spiro atoms. The SMILES string of the molecule is CCCc1cc(=O)oc2c3c(c(Cl)cc12)OCN(c1ccc(C(=O)OC)cc1)C3. The highest BCUT2D eigenvalue weighted by Crippen LogP contribution is 2.40. The molecule has 3 aromatic rings. The molecule has 0 saturated carbocycles. The van der Waals surface area contributed by atoms with E-state index < -0.39 is 0 Å². The molecular formula is C22H20ClNO5. The molecule has 150 valence electrons. The number of rotatable bonds is 4. The standard InChI is InChI=1S/C22H20ClNO5/c1-3-4-14-9-19(25)29-20-16(14)10-18(23)21-17(20)11-24(12-28-21)15-7-5-13(6-8-15)22(26)27-2/h5-10H,3-4,11-12H2,1-2H3. The maximum atomic E-state index is 12.1. The summed E-state index contributed by atoms with van der Waals surface area (Å²) < 4.78 is 16.2. The van der Waals surface area contributed by atoms with Crippen LogP contribution in [0.25, 0.3) is 11.0 Å². The number of hydrogen-bond donors (Lipinski definition) is 0. The van der Waals surface area contributed by atoms with Crippen molar-refractivity contribution in [3.63, 3.8) is 0 Å². The summed E-state index contributed by atoms with van der Waals surface area (Å²) in [7, 11) is 1.35. The molecule has 2 aromatic carbocycles. The highest BCUT2D eigenvalue weighted by atomic mass is 35.5. The summed E-state index contributed by atoms with van der Waals surface area (Å²) in [6, 6.07) is 10.4. The number of benzene rings is 2. The van der Waals surface area contributed by atoms with Gasteiger partial charge in [-0.05, 0) is 42.3 Å². The molecule has 0 aliphatic carbocycles. The summed E-state index contributed by atoms with van der Waals surface area (Å²) in [6.07, 6.45) is 1.67. The van der Waals surface area contributed by atoms with Crippen LogP contribution in [0.3, 0.4) is 0 Å². The predicted molar refractivity (Wildman–Crippen MR) is 111 cm³/mol. The van der Waals surface area contributed by atoms with Gasteiger partial charge >= 0.3 is 11.6 Å². The first kappa shape index (κ1) is 19.3. The van der Waals surface area contributed by atoms with Gasteiger partial charge in [0.05, 0.1) is 29.8 Å². The van der Waals surface area contributed by atoms with E-state index in [9.17, 15) is 9.59 Å². The maximum absolute atomic E-state index is 12.1. The number of aryl methyl sites for hydroxylation is 1. The van der Waals surface area contributed by atoms with Crippen molar-refractivity contribution < 1.29 is 18.7 Å². The molecule has 0 N–H and O–H groups in total. The summed E-state index contributed by atoms with van der Waals surface area (Å²) in [5.74, 6) is 0.151. The van der Waals surface area contributed by atoms with Crippen LogP contribution in [0.2, 0.25) is 5.02 Å². The fourth-order valence-electron chi connectivity index (χ4n) is 3.62. The van der Waals surface area contributed by atoms with E-state index in [0.717, 1.165) is 35.0 Å². The van der Waals surface area contributed by atoms with E-state index in [1.807, 2.05) is 23.1 Å². The molecule has 0 atom stereocenters. The minimum absolute atomic E-state index is 0.286. The molecule has 0 saturated heterocycles. The van der Waals surface area contributed by atoms with Crippen LogP contribution in [-0.2, 0) is 17.7 Å². The van der Waals surface area contributed by atoms with Gasteiger partial charge < -0.3 is 18.8 Å². The predicted octanol–water partition coefficient (Wildman–Crippen LogP) is 4.54. The second-order valence-corrected chi connectivity index (χ2v) is 7.30. The quantitative estimate of drug-likeness (QED) is 0.462. The van der Waals surface area contributed by atoms with Gasteiger partial charge in [0.2, 0.25) is 0 Å². The van der Waals surface area contributed by atoms with Crippen LogP contribution >= 0.6 is 11.6 Å². The van der Waals surface area contributed by atoms with Crippen LogP contribution in [0, 0.1) is 0 Å². The zero-order chi connectivity index (χ0) is 20.5. The molecule has 1 aliphatic rings. The Morgan fingerprint density at radius 3 is 2.69 bits per heavy atom. The first-order valence-corrected chi connectivity index (χ1v) is 9.73. The van der Waals surface area contributed by atoms with Gasteiger partial charge in [-0.3, -0.25) is 0 Å². The average Bonchev–Trinajstić information content (AvgIpc) is 2.74. The van der Waals surface area contributed by atoms with Gasteiger partial charge in [-0.15, -0.1) is 0 Å². The average molecular weight is 414 g/mol. The van der Waals surface area contributed by atoms with E-state index in [-0.39, 0.29) is 18.3 Å². The lowest BCUT2D eigenvalue weighted by Crippen LogP contribution is -2.32. The van der Waals surface area contributed by atoms with E-state index in [2.05, 4.69) is 6.92 Å². The summed E-state index contributed by atoms with van der Waals surface area (Å²) in [4.78, 5) is 25.8. The number of esters is 1. The Kier molecular flexibility index (Phi) is 5.20. The minimum atomic E-state index is -0.389. The Hall–Kier alpha value is -2.99. The first-order chi connectivity index (χ1) is 14.0. The third-order valence-electron chi connectivity index (χ3n) is 5.01. The van der Waals surface area contributed by atoms with E-state index in [4.69, 9.17) is 25.5 Å². The largest absolute Gasteiger partial charge is 0.471 e. The van der Waals surface area contributed by atoms with E-state index in [0.29, 0.717) is 28.5 Å². The van der Waals surface area contributed by atoms with Crippen molar-refractivity contribution in [1.29, 1.82) is 0 Å². The van der Waals surface area contributed by atoms with Crippen molar-refractivity contribution >= 4 is 34.2 Å². The molecule has 6 nitrogen and oxygen atoms in total. The fraction of sp³-hybridized carbons (Fsp3) is 0.273. The second-order valence-electron chi connectivity index (χ2n) is 6.89. The van der Waals surface area contributed by atoms with Crippen molar-refractivity contribution in [1.82, 2.24) is 0 Å². The van der Waals surface area contributed by atoms with Crippen molar-refractivity contribution in [2.45, 2.75) is 26.3 Å². The molecule has 0 radical (unpaired) electrons. The van der Waals surface area contributed by atoms with E-state index in [1.165, 1.54) is 13.2 Å². The molecule has 0 bridgehead atoms. The number of methoxy groups -OCH3 is 1. The van der Waals surface area contributed by atoms with E-state index >= 15 is 0 Å². The molecule has 0 amide bonds. The number of carbonyl (C=O) groups excluding carboxylic acids is 1. The molecule has 7 heteroatoms. The van der Waals surface area contributed by atoms with Crippen molar-refractivity contribution in [3.8, 4) is 5.75 Å². The maximum Gasteiger partial charge on any atom is 0.337 e. The van der Waals surface area contributed by atoms with E-state index in [1.54, 1.807) is 12.1 Å². The lowest BCUT2D eigenvalue weighted by Gasteiger charge is -2.31. The first-order valence-electron chi connectivity index (χ1n) is 9.36.